The third-order valence-corrected chi connectivity index (χ3v) is 4.87. The van der Waals surface area contributed by atoms with Crippen LogP contribution in [0, 0.1) is 0 Å². The number of para-hydroxylation sites is 1. The highest BCUT2D eigenvalue weighted by Crippen LogP contribution is 2.12. The number of benzene rings is 2. The first-order valence-corrected chi connectivity index (χ1v) is 10.4. The van der Waals surface area contributed by atoms with E-state index in [1.165, 1.54) is 0 Å². The number of urea groups is 1. The largest absolute Gasteiger partial charge is 0.373 e. The molecule has 1 fully saturated rings. The van der Waals surface area contributed by atoms with Crippen molar-refractivity contribution in [3.05, 3.63) is 60.2 Å². The Hall–Kier alpha value is -2.90. The fraction of sp³-hybridized carbons (Fsp3) is 0.391. The Kier molecular flexibility index (Phi) is 7.82. The molecule has 0 saturated carbocycles. The minimum absolute atomic E-state index is 0.112. The van der Waals surface area contributed by atoms with Crippen molar-refractivity contribution < 1.29 is 14.3 Å². The van der Waals surface area contributed by atoms with Gasteiger partial charge in [-0.15, -0.1) is 0 Å². The molecule has 30 heavy (non-hydrogen) atoms. The Morgan fingerprint density at radius 3 is 2.17 bits per heavy atom. The van der Waals surface area contributed by atoms with Gasteiger partial charge in [-0.2, -0.15) is 0 Å². The van der Waals surface area contributed by atoms with E-state index in [2.05, 4.69) is 34.7 Å². The summed E-state index contributed by atoms with van der Waals surface area (Å²) in [4.78, 5) is 26.7. The highest BCUT2D eigenvalue weighted by molar-refractivity contribution is 6.00. The number of nitrogens with one attached hydrogen (secondary N) is 3. The van der Waals surface area contributed by atoms with Crippen LogP contribution in [0.5, 0.6) is 0 Å². The summed E-state index contributed by atoms with van der Waals surface area (Å²) in [6.45, 7) is 7.62. The Bertz CT molecular complexity index is 816. The quantitative estimate of drug-likeness (QED) is 0.610. The van der Waals surface area contributed by atoms with Gasteiger partial charge in [-0.3, -0.25) is 9.69 Å². The maximum atomic E-state index is 12.3. The summed E-state index contributed by atoms with van der Waals surface area (Å²) in [5.74, 6) is -0.112. The van der Waals surface area contributed by atoms with E-state index in [4.69, 9.17) is 4.74 Å². The molecule has 160 valence electrons. The molecule has 3 N–H and O–H groups in total. The molecule has 7 heteroatoms. The molecule has 3 amide bonds. The highest BCUT2D eigenvalue weighted by Gasteiger charge is 2.21. The van der Waals surface area contributed by atoms with Crippen molar-refractivity contribution in [1.29, 1.82) is 0 Å². The number of amides is 3. The van der Waals surface area contributed by atoms with E-state index >= 15 is 0 Å². The predicted octanol–water partition coefficient (Wildman–Crippen LogP) is 3.56. The normalized spacial score (nSPS) is 19.1. The van der Waals surface area contributed by atoms with Crippen LogP contribution in [-0.4, -0.2) is 55.2 Å². The maximum absolute atomic E-state index is 12.3. The van der Waals surface area contributed by atoms with E-state index in [0.29, 0.717) is 23.5 Å². The van der Waals surface area contributed by atoms with Crippen LogP contribution >= 0.6 is 0 Å². The van der Waals surface area contributed by atoms with Gasteiger partial charge in [0.2, 0.25) is 0 Å². The van der Waals surface area contributed by atoms with E-state index in [9.17, 15) is 9.59 Å². The standard InChI is InChI=1S/C23H30N4O3/c1-17-15-27(16-18(2)30-17)14-6-13-24-22(28)19-9-11-21(12-10-19)26-23(29)25-20-7-4-3-5-8-20/h3-5,7-12,17-18H,6,13-16H2,1-2H3,(H,24,28)(H2,25,26,29)/t17-,18-/m1/s1. The van der Waals surface area contributed by atoms with E-state index in [-0.39, 0.29) is 24.1 Å². The van der Waals surface area contributed by atoms with Crippen LogP contribution in [0.4, 0.5) is 16.2 Å². The summed E-state index contributed by atoms with van der Waals surface area (Å²) in [5.41, 5.74) is 1.90. The Labute approximate surface area is 177 Å². The zero-order chi connectivity index (χ0) is 21.3. The molecular weight excluding hydrogens is 380 g/mol. The van der Waals surface area contributed by atoms with Crippen LogP contribution in [0.25, 0.3) is 0 Å². The van der Waals surface area contributed by atoms with Crippen molar-refractivity contribution in [3.63, 3.8) is 0 Å². The van der Waals surface area contributed by atoms with Gasteiger partial charge in [0.05, 0.1) is 12.2 Å². The number of nitrogens with zero attached hydrogens (tertiary/aromatic N) is 1. The first-order valence-electron chi connectivity index (χ1n) is 10.4. The molecule has 2 aromatic rings. The highest BCUT2D eigenvalue weighted by atomic mass is 16.5. The smallest absolute Gasteiger partial charge is 0.323 e. The van der Waals surface area contributed by atoms with Crippen LogP contribution in [-0.2, 0) is 4.74 Å². The second kappa shape index (κ2) is 10.8. The number of carbonyl (C=O) groups excluding carboxylic acids is 2. The molecule has 2 atom stereocenters. The molecular formula is C23H30N4O3. The Morgan fingerprint density at radius 2 is 1.53 bits per heavy atom. The first kappa shape index (κ1) is 21.8. The number of hydrogen-bond acceptors (Lipinski definition) is 4. The second-order valence-electron chi connectivity index (χ2n) is 7.65. The molecule has 1 heterocycles. The summed E-state index contributed by atoms with van der Waals surface area (Å²) >= 11 is 0. The third kappa shape index (κ3) is 6.86. The fourth-order valence-electron chi connectivity index (χ4n) is 3.59. The van der Waals surface area contributed by atoms with Gasteiger partial charge in [-0.1, -0.05) is 18.2 Å². The molecule has 0 aliphatic carbocycles. The summed E-state index contributed by atoms with van der Waals surface area (Å²) in [5, 5.41) is 8.47. The lowest BCUT2D eigenvalue weighted by Crippen LogP contribution is -2.46. The number of rotatable bonds is 7. The molecule has 1 saturated heterocycles. The number of morpholine rings is 1. The van der Waals surface area contributed by atoms with Gasteiger partial charge in [0.25, 0.3) is 5.91 Å². The van der Waals surface area contributed by atoms with Gasteiger partial charge in [0.1, 0.15) is 0 Å². The van der Waals surface area contributed by atoms with Crippen molar-refractivity contribution >= 4 is 23.3 Å². The molecule has 0 aromatic heterocycles. The minimum Gasteiger partial charge on any atom is -0.373 e. The average molecular weight is 411 g/mol. The van der Waals surface area contributed by atoms with E-state index in [1.54, 1.807) is 24.3 Å². The van der Waals surface area contributed by atoms with E-state index < -0.39 is 0 Å². The molecule has 2 aromatic carbocycles. The summed E-state index contributed by atoms with van der Waals surface area (Å²) in [7, 11) is 0. The zero-order valence-electron chi connectivity index (χ0n) is 17.6. The molecule has 1 aliphatic rings. The maximum Gasteiger partial charge on any atom is 0.323 e. The van der Waals surface area contributed by atoms with Crippen molar-refractivity contribution in [3.8, 4) is 0 Å². The second-order valence-corrected chi connectivity index (χ2v) is 7.65. The fourth-order valence-corrected chi connectivity index (χ4v) is 3.59. The molecule has 1 aliphatic heterocycles. The van der Waals surface area contributed by atoms with Gasteiger partial charge in [0.15, 0.2) is 0 Å². The van der Waals surface area contributed by atoms with Crippen LogP contribution < -0.4 is 16.0 Å². The summed E-state index contributed by atoms with van der Waals surface area (Å²) in [6, 6.07) is 15.7. The molecule has 0 unspecified atom stereocenters. The van der Waals surface area contributed by atoms with Gasteiger partial charge in [-0.25, -0.2) is 4.79 Å². The van der Waals surface area contributed by atoms with Crippen LogP contribution in [0.2, 0.25) is 0 Å². The molecule has 0 bridgehead atoms. The predicted molar refractivity (Wildman–Crippen MR) is 119 cm³/mol. The lowest BCUT2D eigenvalue weighted by molar-refractivity contribution is -0.0680. The molecule has 0 radical (unpaired) electrons. The zero-order valence-corrected chi connectivity index (χ0v) is 17.6. The Balaban J connectivity index is 1.38. The van der Waals surface area contributed by atoms with Crippen LogP contribution in [0.1, 0.15) is 30.6 Å². The average Bonchev–Trinajstić information content (AvgIpc) is 2.71. The number of hydrogen-bond donors (Lipinski definition) is 3. The van der Waals surface area contributed by atoms with Gasteiger partial charge in [-0.05, 0) is 56.7 Å². The lowest BCUT2D eigenvalue weighted by atomic mass is 10.2. The van der Waals surface area contributed by atoms with Crippen LogP contribution in [0.15, 0.2) is 54.6 Å². The van der Waals surface area contributed by atoms with E-state index in [1.807, 2.05) is 30.3 Å². The van der Waals surface area contributed by atoms with Gasteiger partial charge >= 0.3 is 6.03 Å². The van der Waals surface area contributed by atoms with Gasteiger partial charge < -0.3 is 20.7 Å². The lowest BCUT2D eigenvalue weighted by Gasteiger charge is -2.35. The van der Waals surface area contributed by atoms with E-state index in [0.717, 1.165) is 26.1 Å². The van der Waals surface area contributed by atoms with Crippen molar-refractivity contribution in [1.82, 2.24) is 10.2 Å². The SMILES string of the molecule is C[C@@H]1CN(CCCNC(=O)c2ccc(NC(=O)Nc3ccccc3)cc2)C[C@@H](C)O1. The molecule has 3 rings (SSSR count). The van der Waals surface area contributed by atoms with Crippen molar-refractivity contribution in [2.24, 2.45) is 0 Å². The molecule has 0 spiro atoms. The topological polar surface area (TPSA) is 82.7 Å². The summed E-state index contributed by atoms with van der Waals surface area (Å²) in [6.07, 6.45) is 1.40. The Morgan fingerprint density at radius 1 is 0.933 bits per heavy atom. The number of ether oxygens (including phenoxy) is 1. The van der Waals surface area contributed by atoms with Crippen LogP contribution in [0.3, 0.4) is 0 Å². The van der Waals surface area contributed by atoms with Gasteiger partial charge in [0, 0.05) is 43.1 Å². The number of carbonyl (C=O) groups is 2. The third-order valence-electron chi connectivity index (χ3n) is 4.87. The van der Waals surface area contributed by atoms with Crippen molar-refractivity contribution in [2.45, 2.75) is 32.5 Å². The summed E-state index contributed by atoms with van der Waals surface area (Å²) < 4.78 is 5.74. The molecule has 7 nitrogen and oxygen atoms in total. The first-order chi connectivity index (χ1) is 14.5. The van der Waals surface area contributed by atoms with Crippen molar-refractivity contribution in [2.75, 3.05) is 36.8 Å². The minimum atomic E-state index is -0.329. The number of anilines is 2. The monoisotopic (exact) mass is 410 g/mol.